The summed E-state index contributed by atoms with van der Waals surface area (Å²) in [6.07, 6.45) is 4.76. The lowest BCUT2D eigenvalue weighted by molar-refractivity contribution is -0.200. The molecule has 0 saturated carbocycles. The number of urea groups is 1. The first kappa shape index (κ1) is 17.9. The van der Waals surface area contributed by atoms with Gasteiger partial charge in [0.15, 0.2) is 12.1 Å². The van der Waals surface area contributed by atoms with E-state index in [2.05, 4.69) is 15.7 Å². The lowest BCUT2D eigenvalue weighted by Crippen LogP contribution is -2.63. The van der Waals surface area contributed by atoms with Crippen LogP contribution in [0.1, 0.15) is 33.1 Å². The molecule has 22 heavy (non-hydrogen) atoms. The van der Waals surface area contributed by atoms with Crippen molar-refractivity contribution in [1.29, 1.82) is 0 Å². The summed E-state index contributed by atoms with van der Waals surface area (Å²) in [5.74, 6) is -3.92. The summed E-state index contributed by atoms with van der Waals surface area (Å²) >= 11 is 0. The van der Waals surface area contributed by atoms with Crippen molar-refractivity contribution < 1.29 is 28.7 Å². The van der Waals surface area contributed by atoms with E-state index in [1.807, 2.05) is 6.92 Å². The van der Waals surface area contributed by atoms with Gasteiger partial charge in [0.25, 0.3) is 0 Å². The number of amides is 3. The average Bonchev–Trinajstić information content (AvgIpc) is 2.50. The van der Waals surface area contributed by atoms with Crippen LogP contribution in [-0.2, 0) is 19.4 Å². The second kappa shape index (κ2) is 8.98. The van der Waals surface area contributed by atoms with Gasteiger partial charge in [-0.3, -0.25) is 25.0 Å². The molecule has 0 aromatic heterocycles. The van der Waals surface area contributed by atoms with E-state index in [1.165, 1.54) is 6.20 Å². The Kier molecular flexibility index (Phi) is 7.30. The Bertz CT molecular complexity index is 443. The normalized spacial score (nSPS) is 21.9. The maximum atomic E-state index is 12.2. The molecule has 2 N–H and O–H groups in total. The number of imide groups is 1. The van der Waals surface area contributed by atoms with Gasteiger partial charge in [-0.15, -0.1) is 0 Å². The van der Waals surface area contributed by atoms with Gasteiger partial charge in [-0.05, 0) is 13.3 Å². The van der Waals surface area contributed by atoms with E-state index in [0.29, 0.717) is 0 Å². The molecule has 0 aromatic rings. The summed E-state index contributed by atoms with van der Waals surface area (Å²) < 4.78 is 12.2. The topological polar surface area (TPSA) is 97.0 Å². The number of allylic oxidation sites excluding steroid dienone is 1. The van der Waals surface area contributed by atoms with Crippen molar-refractivity contribution in [3.8, 4) is 0 Å². The van der Waals surface area contributed by atoms with Crippen LogP contribution in [-0.4, -0.2) is 35.6 Å². The molecular weight excluding hydrogens is 297 g/mol. The van der Waals surface area contributed by atoms with Crippen molar-refractivity contribution in [2.45, 2.75) is 39.3 Å². The van der Waals surface area contributed by atoms with E-state index in [9.17, 15) is 18.9 Å². The van der Waals surface area contributed by atoms with E-state index in [0.717, 1.165) is 24.2 Å². The Hall–Kier alpha value is -2.16. The number of nitrogens with zero attached hydrogens (tertiary/aromatic N) is 1. The Labute approximate surface area is 127 Å². The third-order valence-electron chi connectivity index (χ3n) is 3.10. The summed E-state index contributed by atoms with van der Waals surface area (Å²) in [6.45, 7) is 3.64. The molecule has 0 spiro atoms. The fourth-order valence-corrected chi connectivity index (χ4v) is 1.92. The molecule has 8 nitrogen and oxygen atoms in total. The van der Waals surface area contributed by atoms with Crippen LogP contribution < -0.4 is 10.8 Å². The van der Waals surface area contributed by atoms with Gasteiger partial charge >= 0.3 is 12.0 Å². The minimum absolute atomic E-state index is 0.0395. The molecule has 2 unspecified atom stereocenters. The minimum atomic E-state index is -1.61. The predicted octanol–water partition coefficient (Wildman–Crippen LogP) is 1.15. The van der Waals surface area contributed by atoms with Crippen LogP contribution in [0.3, 0.4) is 0 Å². The van der Waals surface area contributed by atoms with Gasteiger partial charge in [0.05, 0.1) is 0 Å². The molecule has 0 aliphatic carbocycles. The van der Waals surface area contributed by atoms with E-state index in [1.54, 1.807) is 13.0 Å². The summed E-state index contributed by atoms with van der Waals surface area (Å²) in [4.78, 5) is 44.1. The standard InChI is InChI=1S/C13H20FN3O5/c1-3-5-6-7-8-15-22-10-9(12(19)21-14)11(18)17(4-2)13(20)16-10/h7-10,15H,3-6H2,1-2H3,(H,16,20). The molecule has 1 aliphatic rings. The highest BCUT2D eigenvalue weighted by atomic mass is 19.3. The first-order valence-electron chi connectivity index (χ1n) is 7.07. The van der Waals surface area contributed by atoms with Gasteiger partial charge in [-0.2, -0.15) is 0 Å². The molecular formula is C13H20FN3O5. The molecule has 1 rings (SSSR count). The Morgan fingerprint density at radius 1 is 1.45 bits per heavy atom. The molecule has 0 bridgehead atoms. The Morgan fingerprint density at radius 2 is 2.18 bits per heavy atom. The molecule has 2 atom stereocenters. The molecule has 3 amide bonds. The second-order valence-corrected chi connectivity index (χ2v) is 4.61. The number of rotatable bonds is 8. The zero-order valence-electron chi connectivity index (χ0n) is 12.5. The van der Waals surface area contributed by atoms with E-state index < -0.39 is 30.1 Å². The maximum absolute atomic E-state index is 12.2. The second-order valence-electron chi connectivity index (χ2n) is 4.61. The van der Waals surface area contributed by atoms with Gasteiger partial charge in [0, 0.05) is 17.3 Å². The molecule has 1 fully saturated rings. The van der Waals surface area contributed by atoms with Crippen LogP contribution in [0.5, 0.6) is 0 Å². The Morgan fingerprint density at radius 3 is 2.77 bits per heavy atom. The number of carbonyl (C=O) groups is 3. The van der Waals surface area contributed by atoms with Crippen LogP contribution in [0.15, 0.2) is 12.3 Å². The fraction of sp³-hybridized carbons (Fsp3) is 0.615. The molecule has 9 heteroatoms. The summed E-state index contributed by atoms with van der Waals surface area (Å²) in [6, 6.07) is -0.725. The van der Waals surface area contributed by atoms with Crippen molar-refractivity contribution in [3.63, 3.8) is 0 Å². The van der Waals surface area contributed by atoms with Crippen LogP contribution >= 0.6 is 0 Å². The van der Waals surface area contributed by atoms with Gasteiger partial charge in [-0.1, -0.05) is 25.8 Å². The lowest BCUT2D eigenvalue weighted by Gasteiger charge is -2.34. The number of nitrogens with one attached hydrogen (secondary N) is 2. The summed E-state index contributed by atoms with van der Waals surface area (Å²) in [5.41, 5.74) is 2.40. The lowest BCUT2D eigenvalue weighted by atomic mass is 10.0. The first-order chi connectivity index (χ1) is 10.6. The van der Waals surface area contributed by atoms with E-state index >= 15 is 0 Å². The quantitative estimate of drug-likeness (QED) is 0.396. The van der Waals surface area contributed by atoms with Crippen molar-refractivity contribution in [3.05, 3.63) is 12.3 Å². The number of hydrogen-bond acceptors (Lipinski definition) is 6. The summed E-state index contributed by atoms with van der Waals surface area (Å²) in [5, 5.41) is 2.30. The highest BCUT2D eigenvalue weighted by Crippen LogP contribution is 2.17. The predicted molar refractivity (Wildman–Crippen MR) is 73.3 cm³/mol. The van der Waals surface area contributed by atoms with Crippen molar-refractivity contribution >= 4 is 17.9 Å². The monoisotopic (exact) mass is 317 g/mol. The molecule has 1 heterocycles. The van der Waals surface area contributed by atoms with E-state index in [4.69, 9.17) is 4.84 Å². The van der Waals surface area contributed by atoms with Crippen molar-refractivity contribution in [2.24, 2.45) is 5.92 Å². The van der Waals surface area contributed by atoms with Crippen LogP contribution in [0.2, 0.25) is 0 Å². The molecule has 0 aromatic carbocycles. The van der Waals surface area contributed by atoms with Crippen molar-refractivity contribution in [1.82, 2.24) is 15.7 Å². The zero-order valence-corrected chi connectivity index (χ0v) is 12.5. The number of hydrogen-bond donors (Lipinski definition) is 2. The van der Waals surface area contributed by atoms with Crippen LogP contribution in [0.25, 0.3) is 0 Å². The average molecular weight is 317 g/mol. The minimum Gasteiger partial charge on any atom is -0.309 e. The van der Waals surface area contributed by atoms with Gasteiger partial charge in [0.1, 0.15) is 0 Å². The number of carbonyl (C=O) groups excluding carboxylic acids is 3. The molecule has 1 saturated heterocycles. The molecule has 0 radical (unpaired) electrons. The third-order valence-corrected chi connectivity index (χ3v) is 3.10. The van der Waals surface area contributed by atoms with Crippen molar-refractivity contribution in [2.75, 3.05) is 6.54 Å². The number of hydroxylamine groups is 1. The summed E-state index contributed by atoms with van der Waals surface area (Å²) in [7, 11) is 0. The van der Waals surface area contributed by atoms with Gasteiger partial charge in [0.2, 0.25) is 5.91 Å². The maximum Gasteiger partial charge on any atom is 0.365 e. The first-order valence-corrected chi connectivity index (χ1v) is 7.07. The SMILES string of the molecule is CCCCC=CNOC1NC(=O)N(CC)C(=O)C1C(=O)OF. The fourth-order valence-electron chi connectivity index (χ4n) is 1.92. The number of unbranched alkanes of at least 4 members (excludes halogenated alkanes) is 2. The van der Waals surface area contributed by atoms with E-state index in [-0.39, 0.29) is 6.54 Å². The molecule has 1 aliphatic heterocycles. The highest BCUT2D eigenvalue weighted by Gasteiger charge is 2.47. The van der Waals surface area contributed by atoms with Gasteiger partial charge in [-0.25, -0.2) is 9.59 Å². The molecule has 124 valence electrons. The zero-order chi connectivity index (χ0) is 16.5. The largest absolute Gasteiger partial charge is 0.365 e. The van der Waals surface area contributed by atoms with Gasteiger partial charge < -0.3 is 5.32 Å². The number of halogens is 1. The third kappa shape index (κ3) is 4.42. The van der Waals surface area contributed by atoms with Crippen LogP contribution in [0.4, 0.5) is 9.32 Å². The van der Waals surface area contributed by atoms with Crippen LogP contribution in [0, 0.1) is 5.92 Å². The Balaban J connectivity index is 2.69. The smallest absolute Gasteiger partial charge is 0.309 e. The highest BCUT2D eigenvalue weighted by molar-refractivity contribution is 6.07.